The molecule has 0 aromatic heterocycles. The second-order valence-electron chi connectivity index (χ2n) is 18.1. The number of rotatable bonds is 6. The Morgan fingerprint density at radius 3 is 2.40 bits per heavy atom. The van der Waals surface area contributed by atoms with E-state index in [4.69, 9.17) is 32.6 Å². The summed E-state index contributed by atoms with van der Waals surface area (Å²) in [5.74, 6) is 0.199. The van der Waals surface area contributed by atoms with Crippen molar-refractivity contribution >= 4 is 10.4 Å². The summed E-state index contributed by atoms with van der Waals surface area (Å²) in [6.07, 6.45) is -9.08. The van der Waals surface area contributed by atoms with Crippen molar-refractivity contribution in [1.29, 1.82) is 0 Å². The van der Waals surface area contributed by atoms with Gasteiger partial charge in [-0.1, -0.05) is 39.0 Å². The predicted octanol–water partition coefficient (Wildman–Crippen LogP) is 0.718. The van der Waals surface area contributed by atoms with Gasteiger partial charge < -0.3 is 59.1 Å². The summed E-state index contributed by atoms with van der Waals surface area (Å²) in [4.78, 5) is 0. The number of fused-ring (bicyclic) bond motifs is 7. The SMILES string of the molecule is C=C1CO[C@]2(C[C@H]1O)O[C@H]1C[C@H]3[C@@H]4CC=C5C[C@@H](O)C[C@@H](O[C@@H]6OC[C@H](OS(=O)(=O)O)[C@H](O)[C@H]6O[C@@H]6O[C@@H](C)[C@H](O)[C@@H](O)[C@H]6O)[C@]5(C)[C@H]4CC[C@]3(C)[C@H]1[C@@H]2C. The maximum absolute atomic E-state index is 11.7. The van der Waals surface area contributed by atoms with Gasteiger partial charge in [0.15, 0.2) is 18.4 Å². The van der Waals surface area contributed by atoms with Crippen molar-refractivity contribution in [3.8, 4) is 0 Å². The molecule has 4 saturated heterocycles. The summed E-state index contributed by atoms with van der Waals surface area (Å²) in [6, 6.07) is 0. The molecule has 8 aliphatic rings. The lowest BCUT2D eigenvalue weighted by Gasteiger charge is -2.60. The highest BCUT2D eigenvalue weighted by molar-refractivity contribution is 7.80. The first-order valence-corrected chi connectivity index (χ1v) is 21.1. The van der Waals surface area contributed by atoms with Crippen LogP contribution in [0.2, 0.25) is 0 Å². The molecule has 3 saturated carbocycles. The molecule has 55 heavy (non-hydrogen) atoms. The molecule has 0 radical (unpaired) electrons. The normalized spacial score (nSPS) is 55.3. The van der Waals surface area contributed by atoms with Gasteiger partial charge in [-0.15, -0.1) is 0 Å². The Labute approximate surface area is 321 Å². The molecule has 4 aliphatic heterocycles. The molecule has 0 unspecified atom stereocenters. The Balaban J connectivity index is 1.05. The van der Waals surface area contributed by atoms with E-state index in [-0.39, 0.29) is 48.2 Å². The van der Waals surface area contributed by atoms with E-state index in [9.17, 15) is 43.6 Å². The standard InChI is InChI=1S/C38H58O16S/c1-16-14-49-38(13-24(16)40)17(2)28-25(53-38)12-23-21-7-6-19-10-20(39)11-27(37(19,5)22(21)8-9-36(23,28)4)51-35-33(30(42)26(15-48-35)54-55(45,46)47)52-34-32(44)31(43)29(41)18(3)50-34/h6,17-18,20-35,39-44H,1,7-15H2,2-5H3,(H,45,46,47)/t17-,18-,20+,21+,22-,23-,24+,25-,26-,27+,28-,29-,30-,31+,32+,33+,34-,35-,36-,37-,38+/m0/s1. The fraction of sp³-hybridized carbons (Fsp3) is 0.895. The first kappa shape index (κ1) is 40.6. The first-order valence-electron chi connectivity index (χ1n) is 19.8. The number of hydrogen-bond acceptors (Lipinski definition) is 15. The van der Waals surface area contributed by atoms with E-state index >= 15 is 0 Å². The van der Waals surface area contributed by atoms with Crippen molar-refractivity contribution in [3.05, 3.63) is 23.8 Å². The molecule has 7 N–H and O–H groups in total. The molecule has 4 aliphatic carbocycles. The average Bonchev–Trinajstić information content (AvgIpc) is 3.56. The van der Waals surface area contributed by atoms with Crippen molar-refractivity contribution in [2.24, 2.45) is 40.4 Å². The van der Waals surface area contributed by atoms with Gasteiger partial charge in [0.2, 0.25) is 0 Å². The number of ether oxygens (including phenoxy) is 6. The van der Waals surface area contributed by atoms with Crippen LogP contribution in [0.5, 0.6) is 0 Å². The third-order valence-corrected chi connectivity index (χ3v) is 15.8. The first-order chi connectivity index (χ1) is 25.8. The van der Waals surface area contributed by atoms with Crippen LogP contribution in [0.15, 0.2) is 23.8 Å². The molecular formula is C38H58O16S. The second-order valence-corrected chi connectivity index (χ2v) is 19.2. The van der Waals surface area contributed by atoms with Crippen molar-refractivity contribution in [2.45, 2.75) is 158 Å². The predicted molar refractivity (Wildman–Crippen MR) is 189 cm³/mol. The molecule has 0 bridgehead atoms. The van der Waals surface area contributed by atoms with Crippen LogP contribution in [0.25, 0.3) is 0 Å². The van der Waals surface area contributed by atoms with Gasteiger partial charge in [-0.3, -0.25) is 4.55 Å². The van der Waals surface area contributed by atoms with Crippen LogP contribution in [0, 0.1) is 40.4 Å². The molecule has 17 heteroatoms. The fourth-order valence-corrected chi connectivity index (χ4v) is 12.9. The lowest BCUT2D eigenvalue weighted by Crippen LogP contribution is -2.63. The highest BCUT2D eigenvalue weighted by Crippen LogP contribution is 2.71. The van der Waals surface area contributed by atoms with Crippen LogP contribution < -0.4 is 0 Å². The monoisotopic (exact) mass is 802 g/mol. The van der Waals surface area contributed by atoms with Gasteiger partial charge in [-0.2, -0.15) is 8.42 Å². The van der Waals surface area contributed by atoms with Gasteiger partial charge in [0.1, 0.15) is 36.6 Å². The highest BCUT2D eigenvalue weighted by Gasteiger charge is 2.70. The zero-order chi connectivity index (χ0) is 39.6. The largest absolute Gasteiger partial charge is 0.397 e. The van der Waals surface area contributed by atoms with E-state index in [0.717, 1.165) is 31.3 Å². The minimum atomic E-state index is -5.04. The summed E-state index contributed by atoms with van der Waals surface area (Å²) in [5.41, 5.74) is 1.12. The number of aliphatic hydroxyl groups is 6. The van der Waals surface area contributed by atoms with Crippen LogP contribution in [0.4, 0.5) is 0 Å². The summed E-state index contributed by atoms with van der Waals surface area (Å²) >= 11 is 0. The van der Waals surface area contributed by atoms with Crippen LogP contribution in [0.3, 0.4) is 0 Å². The van der Waals surface area contributed by atoms with Gasteiger partial charge in [-0.05, 0) is 73.7 Å². The van der Waals surface area contributed by atoms with E-state index in [2.05, 4.69) is 33.4 Å². The Kier molecular flexibility index (Phi) is 10.5. The highest BCUT2D eigenvalue weighted by atomic mass is 32.3. The minimum absolute atomic E-state index is 0.0200. The molecule has 0 amide bonds. The van der Waals surface area contributed by atoms with Crippen LogP contribution in [0.1, 0.15) is 72.6 Å². The summed E-state index contributed by atoms with van der Waals surface area (Å²) in [6.45, 7) is 11.9. The third-order valence-electron chi connectivity index (χ3n) is 15.3. The zero-order valence-corrected chi connectivity index (χ0v) is 32.6. The molecule has 16 nitrogen and oxygen atoms in total. The van der Waals surface area contributed by atoms with Crippen molar-refractivity contribution in [3.63, 3.8) is 0 Å². The maximum atomic E-state index is 11.7. The number of allylic oxidation sites excluding steroid dienone is 1. The average molecular weight is 803 g/mol. The lowest BCUT2D eigenvalue weighted by molar-refractivity contribution is -0.361. The molecule has 0 aromatic rings. The van der Waals surface area contributed by atoms with Gasteiger partial charge in [0.25, 0.3) is 0 Å². The van der Waals surface area contributed by atoms with Gasteiger partial charge in [-0.25, -0.2) is 4.18 Å². The summed E-state index contributed by atoms with van der Waals surface area (Å²) in [5, 5.41) is 64.9. The molecule has 312 valence electrons. The van der Waals surface area contributed by atoms with E-state index in [0.29, 0.717) is 24.3 Å². The minimum Gasteiger partial charge on any atom is -0.393 e. The molecule has 1 spiro atoms. The Hall–Kier alpha value is -1.13. The Bertz CT molecular complexity index is 1630. The molecule has 4 heterocycles. The number of aliphatic hydroxyl groups excluding tert-OH is 6. The lowest BCUT2D eigenvalue weighted by atomic mass is 9.46. The van der Waals surface area contributed by atoms with Crippen molar-refractivity contribution in [2.75, 3.05) is 13.2 Å². The summed E-state index contributed by atoms with van der Waals surface area (Å²) < 4.78 is 75.0. The number of hydrogen-bond donors (Lipinski definition) is 7. The van der Waals surface area contributed by atoms with Crippen molar-refractivity contribution in [1.82, 2.24) is 0 Å². The van der Waals surface area contributed by atoms with E-state index in [1.807, 2.05) is 0 Å². The smallest absolute Gasteiger partial charge is 0.393 e. The van der Waals surface area contributed by atoms with Gasteiger partial charge in [0.05, 0.1) is 43.7 Å². The molecule has 0 aromatic carbocycles. The topological polar surface area (TPSA) is 240 Å². The van der Waals surface area contributed by atoms with E-state index in [1.165, 1.54) is 6.92 Å². The zero-order valence-electron chi connectivity index (χ0n) is 31.8. The Morgan fingerprint density at radius 1 is 0.945 bits per heavy atom. The molecule has 7 fully saturated rings. The maximum Gasteiger partial charge on any atom is 0.397 e. The van der Waals surface area contributed by atoms with Crippen LogP contribution in [-0.4, -0.2) is 142 Å². The molecule has 8 rings (SSSR count). The fourth-order valence-electron chi connectivity index (χ4n) is 12.4. The van der Waals surface area contributed by atoms with Crippen LogP contribution >= 0.6 is 0 Å². The summed E-state index contributed by atoms with van der Waals surface area (Å²) in [7, 11) is -5.04. The quantitative estimate of drug-likeness (QED) is 0.145. The molecular weight excluding hydrogens is 744 g/mol. The van der Waals surface area contributed by atoms with Gasteiger partial charge in [0, 0.05) is 24.2 Å². The van der Waals surface area contributed by atoms with E-state index in [1.54, 1.807) is 0 Å². The third kappa shape index (κ3) is 6.61. The Morgan fingerprint density at radius 2 is 1.69 bits per heavy atom. The van der Waals surface area contributed by atoms with Crippen LogP contribution in [-0.2, 0) is 43.0 Å². The molecule has 21 atom stereocenters. The second kappa shape index (κ2) is 14.3. The van der Waals surface area contributed by atoms with Gasteiger partial charge >= 0.3 is 10.4 Å². The van der Waals surface area contributed by atoms with E-state index < -0.39 is 102 Å². The van der Waals surface area contributed by atoms with Crippen molar-refractivity contribution < 1.29 is 76.2 Å².